The topological polar surface area (TPSA) is 59.4 Å². The minimum atomic E-state index is 0.746. The number of H-pyrrole nitrogens is 1. The maximum atomic E-state index is 4.56. The van der Waals surface area contributed by atoms with Gasteiger partial charge in [-0.1, -0.05) is 48.2 Å². The zero-order valence-corrected chi connectivity index (χ0v) is 15.1. The fourth-order valence-electron chi connectivity index (χ4n) is 2.53. The summed E-state index contributed by atoms with van der Waals surface area (Å²) in [6, 6.07) is 14.6. The number of aromatic amines is 1. The van der Waals surface area contributed by atoms with Gasteiger partial charge in [-0.3, -0.25) is 5.10 Å². The van der Waals surface area contributed by atoms with Crippen molar-refractivity contribution in [1.29, 1.82) is 0 Å². The number of aromatic nitrogens is 5. The zero-order valence-electron chi connectivity index (χ0n) is 13.5. The SMILES string of the molecule is c1ccc(Cn2ccnc2CSc2n[nH]c(Cc3cccs3)n2)cc1. The molecule has 25 heavy (non-hydrogen) atoms. The van der Waals surface area contributed by atoms with E-state index in [1.807, 2.05) is 18.5 Å². The minimum Gasteiger partial charge on any atom is -0.330 e. The molecule has 1 aromatic carbocycles. The first-order valence-corrected chi connectivity index (χ1v) is 9.84. The molecule has 0 atom stereocenters. The number of thioether (sulfide) groups is 1. The molecule has 0 amide bonds. The van der Waals surface area contributed by atoms with Crippen LogP contribution >= 0.6 is 23.1 Å². The molecule has 0 radical (unpaired) electrons. The van der Waals surface area contributed by atoms with E-state index in [9.17, 15) is 0 Å². The summed E-state index contributed by atoms with van der Waals surface area (Å²) in [5.74, 6) is 2.67. The van der Waals surface area contributed by atoms with Crippen LogP contribution in [0, 0.1) is 0 Å². The van der Waals surface area contributed by atoms with E-state index in [1.54, 1.807) is 23.1 Å². The number of imidazole rings is 1. The molecule has 7 heteroatoms. The lowest BCUT2D eigenvalue weighted by Gasteiger charge is -2.07. The summed E-state index contributed by atoms with van der Waals surface area (Å²) in [6.07, 6.45) is 4.66. The molecule has 3 heterocycles. The van der Waals surface area contributed by atoms with Crippen LogP contribution in [-0.2, 0) is 18.7 Å². The molecule has 0 saturated carbocycles. The van der Waals surface area contributed by atoms with Crippen LogP contribution in [-0.4, -0.2) is 24.7 Å². The summed E-state index contributed by atoms with van der Waals surface area (Å²) >= 11 is 3.34. The van der Waals surface area contributed by atoms with E-state index in [1.165, 1.54) is 10.4 Å². The Morgan fingerprint density at radius 3 is 2.88 bits per heavy atom. The number of hydrogen-bond acceptors (Lipinski definition) is 5. The van der Waals surface area contributed by atoms with Crippen LogP contribution < -0.4 is 0 Å². The molecule has 0 aliphatic heterocycles. The van der Waals surface area contributed by atoms with E-state index in [0.717, 1.165) is 35.5 Å². The summed E-state index contributed by atoms with van der Waals surface area (Å²) in [7, 11) is 0. The predicted molar refractivity (Wildman–Crippen MR) is 101 cm³/mol. The third-order valence-corrected chi connectivity index (χ3v) is 5.48. The van der Waals surface area contributed by atoms with Gasteiger partial charge in [0.15, 0.2) is 0 Å². The largest absolute Gasteiger partial charge is 0.330 e. The van der Waals surface area contributed by atoms with Gasteiger partial charge in [-0.2, -0.15) is 0 Å². The van der Waals surface area contributed by atoms with Crippen molar-refractivity contribution in [2.24, 2.45) is 0 Å². The van der Waals surface area contributed by atoms with Crippen LogP contribution in [0.2, 0.25) is 0 Å². The quantitative estimate of drug-likeness (QED) is 0.502. The van der Waals surface area contributed by atoms with E-state index in [-0.39, 0.29) is 0 Å². The molecular weight excluding hydrogens is 350 g/mol. The van der Waals surface area contributed by atoms with Crippen LogP contribution in [0.3, 0.4) is 0 Å². The van der Waals surface area contributed by atoms with Crippen molar-refractivity contribution in [2.45, 2.75) is 23.9 Å². The van der Waals surface area contributed by atoms with Crippen molar-refractivity contribution in [3.63, 3.8) is 0 Å². The Morgan fingerprint density at radius 1 is 1.12 bits per heavy atom. The summed E-state index contributed by atoms with van der Waals surface area (Å²) in [5, 5.41) is 10.2. The molecule has 0 spiro atoms. The van der Waals surface area contributed by atoms with E-state index < -0.39 is 0 Å². The first kappa shape index (κ1) is 16.1. The highest BCUT2D eigenvalue weighted by Gasteiger charge is 2.09. The third-order valence-electron chi connectivity index (χ3n) is 3.76. The van der Waals surface area contributed by atoms with Gasteiger partial charge in [0.05, 0.1) is 5.75 Å². The van der Waals surface area contributed by atoms with Crippen molar-refractivity contribution >= 4 is 23.1 Å². The standard InChI is InChI=1S/C18H17N5S2/c1-2-5-14(6-3-1)12-23-9-8-19-17(23)13-25-18-20-16(21-22-18)11-15-7-4-10-24-15/h1-10H,11-13H2,(H,20,21,22). The van der Waals surface area contributed by atoms with Crippen LogP contribution in [0.1, 0.15) is 22.1 Å². The van der Waals surface area contributed by atoms with Gasteiger partial charge in [0.1, 0.15) is 11.6 Å². The minimum absolute atomic E-state index is 0.746. The fraction of sp³-hybridized carbons (Fsp3) is 0.167. The smallest absolute Gasteiger partial charge is 0.208 e. The number of benzene rings is 1. The average molecular weight is 368 g/mol. The first-order chi connectivity index (χ1) is 12.4. The Labute approximate surface area is 154 Å². The highest BCUT2D eigenvalue weighted by Crippen LogP contribution is 2.20. The Morgan fingerprint density at radius 2 is 2.04 bits per heavy atom. The number of nitrogens with zero attached hydrogens (tertiary/aromatic N) is 4. The monoisotopic (exact) mass is 367 g/mol. The highest BCUT2D eigenvalue weighted by molar-refractivity contribution is 7.98. The van der Waals surface area contributed by atoms with Gasteiger partial charge in [-0.15, -0.1) is 16.4 Å². The lowest BCUT2D eigenvalue weighted by atomic mass is 10.2. The molecule has 4 rings (SSSR count). The Hall–Kier alpha value is -2.38. The molecule has 0 bridgehead atoms. The van der Waals surface area contributed by atoms with Gasteiger partial charge in [-0.25, -0.2) is 9.97 Å². The fourth-order valence-corrected chi connectivity index (χ4v) is 4.03. The van der Waals surface area contributed by atoms with Gasteiger partial charge in [0.2, 0.25) is 5.16 Å². The second-order valence-electron chi connectivity index (χ2n) is 5.57. The molecule has 0 aliphatic carbocycles. The molecule has 1 N–H and O–H groups in total. The number of nitrogens with one attached hydrogen (secondary N) is 1. The Balaban J connectivity index is 1.37. The normalized spacial score (nSPS) is 11.0. The predicted octanol–water partition coefficient (Wildman–Crippen LogP) is 3.99. The van der Waals surface area contributed by atoms with E-state index in [0.29, 0.717) is 0 Å². The molecule has 3 aromatic heterocycles. The average Bonchev–Trinajstić information content (AvgIpc) is 3.37. The van der Waals surface area contributed by atoms with Crippen molar-refractivity contribution < 1.29 is 0 Å². The van der Waals surface area contributed by atoms with Crippen LogP contribution in [0.25, 0.3) is 0 Å². The zero-order chi connectivity index (χ0) is 16.9. The van der Waals surface area contributed by atoms with Gasteiger partial charge in [0.25, 0.3) is 0 Å². The third kappa shape index (κ3) is 4.18. The second kappa shape index (κ2) is 7.67. The summed E-state index contributed by atoms with van der Waals surface area (Å²) in [5.41, 5.74) is 1.27. The highest BCUT2D eigenvalue weighted by atomic mass is 32.2. The van der Waals surface area contributed by atoms with Gasteiger partial charge >= 0.3 is 0 Å². The molecular formula is C18H17N5S2. The van der Waals surface area contributed by atoms with Crippen molar-refractivity contribution in [3.05, 3.63) is 82.3 Å². The summed E-state index contributed by atoms with van der Waals surface area (Å²) in [4.78, 5) is 10.3. The lowest BCUT2D eigenvalue weighted by molar-refractivity contribution is 0.756. The summed E-state index contributed by atoms with van der Waals surface area (Å²) < 4.78 is 2.17. The van der Waals surface area contributed by atoms with Gasteiger partial charge < -0.3 is 4.57 Å². The molecule has 0 aliphatic rings. The van der Waals surface area contributed by atoms with E-state index in [2.05, 4.69) is 66.5 Å². The second-order valence-corrected chi connectivity index (χ2v) is 7.54. The molecule has 5 nitrogen and oxygen atoms in total. The first-order valence-electron chi connectivity index (χ1n) is 7.97. The molecule has 0 unspecified atom stereocenters. The number of thiophene rings is 1. The Bertz CT molecular complexity index is 912. The summed E-state index contributed by atoms with van der Waals surface area (Å²) in [6.45, 7) is 0.828. The molecule has 0 fully saturated rings. The van der Waals surface area contributed by atoms with Crippen LogP contribution in [0.15, 0.2) is 65.4 Å². The van der Waals surface area contributed by atoms with E-state index in [4.69, 9.17) is 0 Å². The van der Waals surface area contributed by atoms with Crippen LogP contribution in [0.5, 0.6) is 0 Å². The number of rotatable bonds is 7. The van der Waals surface area contributed by atoms with Crippen molar-refractivity contribution in [1.82, 2.24) is 24.7 Å². The molecule has 126 valence electrons. The lowest BCUT2D eigenvalue weighted by Crippen LogP contribution is -2.03. The van der Waals surface area contributed by atoms with Crippen LogP contribution in [0.4, 0.5) is 0 Å². The van der Waals surface area contributed by atoms with Gasteiger partial charge in [0, 0.05) is 30.2 Å². The molecule has 0 saturated heterocycles. The van der Waals surface area contributed by atoms with Gasteiger partial charge in [-0.05, 0) is 17.0 Å². The number of hydrogen-bond donors (Lipinski definition) is 1. The Kier molecular flexibility index (Phi) is 4.94. The maximum absolute atomic E-state index is 4.56. The van der Waals surface area contributed by atoms with Crippen molar-refractivity contribution in [3.8, 4) is 0 Å². The molecule has 4 aromatic rings. The van der Waals surface area contributed by atoms with Crippen molar-refractivity contribution in [2.75, 3.05) is 0 Å². The van der Waals surface area contributed by atoms with E-state index >= 15 is 0 Å². The maximum Gasteiger partial charge on any atom is 0.208 e.